The quantitative estimate of drug-likeness (QED) is 0.275. The maximum absolute atomic E-state index is 11.9. The zero-order valence-corrected chi connectivity index (χ0v) is 15.0. The first-order valence-corrected chi connectivity index (χ1v) is 8.41. The van der Waals surface area contributed by atoms with Crippen LogP contribution < -0.4 is 21.6 Å². The number of aromatic nitrogens is 4. The Morgan fingerprint density at radius 2 is 2.04 bits per heavy atom. The third-order valence-electron chi connectivity index (χ3n) is 4.11. The SMILES string of the molecule is CC(=O)c1cccc(N)c1Oc1ccc2ncnc(Nc3ccn(N)n3)c2c1. The number of rotatable bonds is 5. The summed E-state index contributed by atoms with van der Waals surface area (Å²) in [4.78, 5) is 21.6. The maximum Gasteiger partial charge on any atom is 0.163 e. The molecule has 4 aromatic rings. The number of hydrogen-bond donors (Lipinski definition) is 3. The highest BCUT2D eigenvalue weighted by Gasteiger charge is 2.14. The molecular formula is C19H17N7O2. The molecule has 4 rings (SSSR count). The molecule has 0 fully saturated rings. The Hall–Kier alpha value is -4.14. The summed E-state index contributed by atoms with van der Waals surface area (Å²) in [7, 11) is 0. The van der Waals surface area contributed by atoms with Gasteiger partial charge >= 0.3 is 0 Å². The smallest absolute Gasteiger partial charge is 0.163 e. The lowest BCUT2D eigenvalue weighted by atomic mass is 10.1. The van der Waals surface area contributed by atoms with E-state index in [0.717, 1.165) is 0 Å². The number of nitrogen functional groups attached to an aromatic ring is 2. The fourth-order valence-corrected chi connectivity index (χ4v) is 2.79. The molecule has 9 nitrogen and oxygen atoms in total. The minimum Gasteiger partial charge on any atom is -0.454 e. The summed E-state index contributed by atoms with van der Waals surface area (Å²) in [5.41, 5.74) is 7.52. The average Bonchev–Trinajstić information content (AvgIpc) is 3.08. The molecular weight excluding hydrogens is 358 g/mol. The Morgan fingerprint density at radius 3 is 2.79 bits per heavy atom. The first kappa shape index (κ1) is 17.3. The molecule has 0 radical (unpaired) electrons. The van der Waals surface area contributed by atoms with E-state index in [9.17, 15) is 4.79 Å². The number of nitrogens with zero attached hydrogens (tertiary/aromatic N) is 4. The summed E-state index contributed by atoms with van der Waals surface area (Å²) in [5, 5.41) is 7.90. The summed E-state index contributed by atoms with van der Waals surface area (Å²) >= 11 is 0. The van der Waals surface area contributed by atoms with Gasteiger partial charge in [-0.25, -0.2) is 9.97 Å². The van der Waals surface area contributed by atoms with Crippen LogP contribution >= 0.6 is 0 Å². The zero-order chi connectivity index (χ0) is 19.7. The monoisotopic (exact) mass is 375 g/mol. The van der Waals surface area contributed by atoms with Crippen molar-refractivity contribution >= 4 is 34.0 Å². The van der Waals surface area contributed by atoms with E-state index >= 15 is 0 Å². The Morgan fingerprint density at radius 1 is 1.18 bits per heavy atom. The third-order valence-corrected chi connectivity index (χ3v) is 4.11. The number of nitrogens with one attached hydrogen (secondary N) is 1. The number of nitrogens with two attached hydrogens (primary N) is 2. The van der Waals surface area contributed by atoms with Crippen LogP contribution in [-0.2, 0) is 0 Å². The predicted octanol–water partition coefficient (Wildman–Crippen LogP) is 2.86. The van der Waals surface area contributed by atoms with Gasteiger partial charge in [0.2, 0.25) is 0 Å². The van der Waals surface area contributed by atoms with Gasteiger partial charge in [0.15, 0.2) is 17.4 Å². The van der Waals surface area contributed by atoms with E-state index in [1.54, 1.807) is 48.7 Å². The van der Waals surface area contributed by atoms with Crippen LogP contribution in [0.2, 0.25) is 0 Å². The Labute approximate surface area is 159 Å². The highest BCUT2D eigenvalue weighted by atomic mass is 16.5. The molecule has 28 heavy (non-hydrogen) atoms. The first-order valence-electron chi connectivity index (χ1n) is 8.41. The molecule has 0 aliphatic rings. The standard InChI is InChI=1S/C19H17N7O2/c1-11(27)13-3-2-4-15(20)18(13)28-12-5-6-16-14(9-12)19(23-10-22-16)24-17-7-8-26(21)25-17/h2-10H,20-21H2,1H3,(H,22,23,24,25). The summed E-state index contributed by atoms with van der Waals surface area (Å²) in [6.07, 6.45) is 3.06. The molecule has 2 heterocycles. The van der Waals surface area contributed by atoms with Crippen LogP contribution in [0.3, 0.4) is 0 Å². The van der Waals surface area contributed by atoms with Crippen molar-refractivity contribution in [3.63, 3.8) is 0 Å². The van der Waals surface area contributed by atoms with Gasteiger partial charge in [-0.3, -0.25) is 4.79 Å². The van der Waals surface area contributed by atoms with Crippen molar-refractivity contribution in [3.8, 4) is 11.5 Å². The number of carbonyl (C=O) groups is 1. The van der Waals surface area contributed by atoms with E-state index in [-0.39, 0.29) is 5.78 Å². The first-order chi connectivity index (χ1) is 13.5. The van der Waals surface area contributed by atoms with Crippen molar-refractivity contribution in [3.05, 3.63) is 60.6 Å². The molecule has 0 aliphatic carbocycles. The zero-order valence-electron chi connectivity index (χ0n) is 15.0. The Kier molecular flexibility index (Phi) is 4.24. The van der Waals surface area contributed by atoms with Crippen LogP contribution in [0.5, 0.6) is 11.5 Å². The molecule has 0 atom stereocenters. The molecule has 5 N–H and O–H groups in total. The van der Waals surface area contributed by atoms with Crippen molar-refractivity contribution < 1.29 is 9.53 Å². The van der Waals surface area contributed by atoms with Crippen molar-refractivity contribution in [1.82, 2.24) is 19.9 Å². The van der Waals surface area contributed by atoms with Crippen LogP contribution in [0.1, 0.15) is 17.3 Å². The van der Waals surface area contributed by atoms with Crippen LogP contribution in [0, 0.1) is 0 Å². The molecule has 0 aliphatic heterocycles. The van der Waals surface area contributed by atoms with Gasteiger partial charge < -0.3 is 21.6 Å². The number of fused-ring (bicyclic) bond motifs is 1. The Bertz CT molecular complexity index is 1190. The van der Waals surface area contributed by atoms with Crippen LogP contribution in [0.25, 0.3) is 10.9 Å². The summed E-state index contributed by atoms with van der Waals surface area (Å²) < 4.78 is 5.95. The number of anilines is 3. The van der Waals surface area contributed by atoms with Crippen molar-refractivity contribution in [2.45, 2.75) is 6.92 Å². The van der Waals surface area contributed by atoms with Crippen molar-refractivity contribution in [2.75, 3.05) is 16.9 Å². The highest BCUT2D eigenvalue weighted by Crippen LogP contribution is 2.34. The van der Waals surface area contributed by atoms with Gasteiger partial charge in [-0.15, -0.1) is 5.10 Å². The number of benzene rings is 2. The minimum absolute atomic E-state index is 0.133. The van der Waals surface area contributed by atoms with Gasteiger partial charge in [-0.05, 0) is 37.3 Å². The molecule has 9 heteroatoms. The minimum atomic E-state index is -0.133. The van der Waals surface area contributed by atoms with E-state index in [0.29, 0.717) is 45.3 Å². The maximum atomic E-state index is 11.9. The van der Waals surface area contributed by atoms with Gasteiger partial charge in [0.25, 0.3) is 0 Å². The second kappa shape index (κ2) is 6.88. The molecule has 0 saturated heterocycles. The van der Waals surface area contributed by atoms with E-state index in [1.165, 1.54) is 18.0 Å². The second-order valence-corrected chi connectivity index (χ2v) is 6.09. The third kappa shape index (κ3) is 3.28. The van der Waals surface area contributed by atoms with E-state index in [1.807, 2.05) is 0 Å². The average molecular weight is 375 g/mol. The number of hydrogen-bond acceptors (Lipinski definition) is 8. The van der Waals surface area contributed by atoms with E-state index in [2.05, 4.69) is 20.4 Å². The van der Waals surface area contributed by atoms with Crippen molar-refractivity contribution in [1.29, 1.82) is 0 Å². The molecule has 0 saturated carbocycles. The molecule has 0 spiro atoms. The topological polar surface area (TPSA) is 134 Å². The lowest BCUT2D eigenvalue weighted by Crippen LogP contribution is -2.08. The predicted molar refractivity (Wildman–Crippen MR) is 106 cm³/mol. The van der Waals surface area contributed by atoms with E-state index in [4.69, 9.17) is 16.3 Å². The number of Topliss-reactive ketones (excluding diaryl/α,β-unsaturated/α-hetero) is 1. The number of ketones is 1. The van der Waals surface area contributed by atoms with Gasteiger partial charge in [0, 0.05) is 11.5 Å². The second-order valence-electron chi connectivity index (χ2n) is 6.09. The van der Waals surface area contributed by atoms with Crippen LogP contribution in [0.4, 0.5) is 17.3 Å². The fraction of sp³-hybridized carbons (Fsp3) is 0.0526. The van der Waals surface area contributed by atoms with Gasteiger partial charge in [0.1, 0.15) is 17.9 Å². The Balaban J connectivity index is 1.74. The van der Waals surface area contributed by atoms with Crippen LogP contribution in [-0.4, -0.2) is 25.6 Å². The van der Waals surface area contributed by atoms with Gasteiger partial charge in [-0.1, -0.05) is 6.07 Å². The van der Waals surface area contributed by atoms with Crippen molar-refractivity contribution in [2.24, 2.45) is 0 Å². The van der Waals surface area contributed by atoms with E-state index < -0.39 is 0 Å². The lowest BCUT2D eigenvalue weighted by molar-refractivity contribution is 0.101. The number of ether oxygens (including phenoxy) is 1. The number of para-hydroxylation sites is 1. The molecule has 140 valence electrons. The van der Waals surface area contributed by atoms with Gasteiger partial charge in [-0.2, -0.15) is 4.79 Å². The molecule has 2 aromatic heterocycles. The largest absolute Gasteiger partial charge is 0.454 e. The normalized spacial score (nSPS) is 10.8. The molecule has 0 amide bonds. The van der Waals surface area contributed by atoms with Crippen LogP contribution in [0.15, 0.2) is 55.0 Å². The molecule has 0 unspecified atom stereocenters. The fourth-order valence-electron chi connectivity index (χ4n) is 2.79. The summed E-state index contributed by atoms with van der Waals surface area (Å²) in [5.74, 6) is 7.35. The molecule has 2 aromatic carbocycles. The molecule has 0 bridgehead atoms. The lowest BCUT2D eigenvalue weighted by Gasteiger charge is -2.13. The summed E-state index contributed by atoms with van der Waals surface area (Å²) in [6.45, 7) is 1.47. The van der Waals surface area contributed by atoms with Gasteiger partial charge in [0.05, 0.1) is 23.0 Å². The summed E-state index contributed by atoms with van der Waals surface area (Å²) in [6, 6.07) is 12.1. The highest BCUT2D eigenvalue weighted by molar-refractivity contribution is 5.98. The number of carbonyl (C=O) groups excluding carboxylic acids is 1.